The van der Waals surface area contributed by atoms with Crippen LogP contribution in [0.25, 0.3) is 21.8 Å². The molecule has 1 amide bonds. The number of benzene rings is 1. The van der Waals surface area contributed by atoms with Gasteiger partial charge in [-0.05, 0) is 63.3 Å². The van der Waals surface area contributed by atoms with Gasteiger partial charge in [0.2, 0.25) is 0 Å². The lowest BCUT2D eigenvalue weighted by molar-refractivity contribution is 0.0945. The lowest BCUT2D eigenvalue weighted by Crippen LogP contribution is -2.34. The van der Waals surface area contributed by atoms with Crippen LogP contribution in [-0.2, 0) is 0 Å². The van der Waals surface area contributed by atoms with Crippen LogP contribution in [0.2, 0.25) is 0 Å². The third-order valence-corrected chi connectivity index (χ3v) is 6.66. The zero-order chi connectivity index (χ0) is 22.8. The molecule has 1 unspecified atom stereocenters. The Morgan fingerprint density at radius 1 is 1.22 bits per heavy atom. The topological polar surface area (TPSA) is 80.5 Å². The third-order valence-electron chi connectivity index (χ3n) is 5.48. The molecule has 0 aliphatic heterocycles. The number of aromatic nitrogens is 2. The molecule has 0 spiro atoms. The number of carbonyl (C=O) groups is 1. The number of fused-ring (bicyclic) bond motifs is 1. The Balaban J connectivity index is 1.59. The zero-order valence-corrected chi connectivity index (χ0v) is 19.6. The highest BCUT2D eigenvalue weighted by molar-refractivity contribution is 7.20. The van der Waals surface area contributed by atoms with Crippen LogP contribution in [0.5, 0.6) is 5.75 Å². The number of likely N-dealkylation sites (N-methyl/N-ethyl adjacent to an activating group) is 1. The number of amides is 1. The Morgan fingerprint density at radius 3 is 2.72 bits per heavy atom. The zero-order valence-electron chi connectivity index (χ0n) is 18.8. The summed E-state index contributed by atoms with van der Waals surface area (Å²) in [5, 5.41) is 4.03. The molecule has 1 aromatic carbocycles. The highest BCUT2D eigenvalue weighted by Crippen LogP contribution is 2.33. The van der Waals surface area contributed by atoms with Crippen molar-refractivity contribution < 1.29 is 13.9 Å². The Morgan fingerprint density at radius 2 is 2.03 bits per heavy atom. The molecule has 3 heterocycles. The van der Waals surface area contributed by atoms with Crippen LogP contribution in [0, 0.1) is 13.8 Å². The first-order valence-electron chi connectivity index (χ1n) is 10.3. The smallest absolute Gasteiger partial charge is 0.261 e. The fraction of sp³-hybridized carbons (Fsp3) is 0.292. The van der Waals surface area contributed by atoms with E-state index in [1.54, 1.807) is 19.4 Å². The fourth-order valence-corrected chi connectivity index (χ4v) is 4.94. The third kappa shape index (κ3) is 4.24. The van der Waals surface area contributed by atoms with Gasteiger partial charge in [-0.15, -0.1) is 11.3 Å². The molecule has 166 valence electrons. The van der Waals surface area contributed by atoms with Gasteiger partial charge in [-0.3, -0.25) is 4.79 Å². The molecule has 3 aromatic heterocycles. The molecule has 4 rings (SSSR count). The summed E-state index contributed by atoms with van der Waals surface area (Å²) in [6.45, 7) is 4.35. The Hall–Kier alpha value is -3.23. The van der Waals surface area contributed by atoms with E-state index in [4.69, 9.17) is 9.15 Å². The van der Waals surface area contributed by atoms with Crippen molar-refractivity contribution in [3.8, 4) is 17.3 Å². The van der Waals surface area contributed by atoms with Gasteiger partial charge >= 0.3 is 0 Å². The number of furan rings is 1. The quantitative estimate of drug-likeness (QED) is 0.443. The predicted molar refractivity (Wildman–Crippen MR) is 126 cm³/mol. The van der Waals surface area contributed by atoms with Gasteiger partial charge in [0.05, 0.1) is 30.0 Å². The number of ether oxygens (including phenoxy) is 1. The van der Waals surface area contributed by atoms with Crippen molar-refractivity contribution in [3.05, 3.63) is 64.4 Å². The first kappa shape index (κ1) is 22.0. The molecule has 4 aromatic rings. The summed E-state index contributed by atoms with van der Waals surface area (Å²) in [5.74, 6) is 1.82. The number of hydrogen-bond acceptors (Lipinski definition) is 7. The van der Waals surface area contributed by atoms with E-state index in [2.05, 4.69) is 20.2 Å². The molecular weight excluding hydrogens is 424 g/mol. The Kier molecular flexibility index (Phi) is 6.25. The van der Waals surface area contributed by atoms with Crippen molar-refractivity contribution in [1.82, 2.24) is 20.2 Å². The molecule has 0 aliphatic rings. The van der Waals surface area contributed by atoms with Crippen LogP contribution in [0.3, 0.4) is 0 Å². The van der Waals surface area contributed by atoms with E-state index in [1.165, 1.54) is 11.3 Å². The lowest BCUT2D eigenvalue weighted by atomic mass is 10.1. The van der Waals surface area contributed by atoms with Crippen LogP contribution < -0.4 is 10.1 Å². The van der Waals surface area contributed by atoms with Crippen molar-refractivity contribution >= 4 is 27.5 Å². The molecule has 1 N–H and O–H groups in total. The Bertz CT molecular complexity index is 1250. The molecular formula is C24H26N4O3S. The minimum Gasteiger partial charge on any atom is -0.497 e. The SMILES string of the molecule is COc1cccc(C(CNC(=O)c2sc3nc(-c4ccco4)nc(C)c3c2C)N(C)C)c1. The molecule has 0 radical (unpaired) electrons. The molecule has 8 heteroatoms. The lowest BCUT2D eigenvalue weighted by Gasteiger charge is -2.25. The van der Waals surface area contributed by atoms with Crippen LogP contribution in [-0.4, -0.2) is 48.5 Å². The van der Waals surface area contributed by atoms with E-state index in [1.807, 2.05) is 58.3 Å². The monoisotopic (exact) mass is 450 g/mol. The number of nitrogens with one attached hydrogen (secondary N) is 1. The van der Waals surface area contributed by atoms with Crippen molar-refractivity contribution in [3.63, 3.8) is 0 Å². The second kappa shape index (κ2) is 9.10. The first-order chi connectivity index (χ1) is 15.4. The number of methoxy groups -OCH3 is 1. The average Bonchev–Trinajstić information content (AvgIpc) is 3.42. The number of aryl methyl sites for hydroxylation is 2. The highest BCUT2D eigenvalue weighted by Gasteiger charge is 2.22. The van der Waals surface area contributed by atoms with Crippen molar-refractivity contribution in [1.29, 1.82) is 0 Å². The molecule has 1 atom stereocenters. The summed E-state index contributed by atoms with van der Waals surface area (Å²) in [6, 6.07) is 11.6. The van der Waals surface area contributed by atoms with E-state index >= 15 is 0 Å². The van der Waals surface area contributed by atoms with E-state index in [0.717, 1.165) is 32.8 Å². The predicted octanol–water partition coefficient (Wildman–Crippen LogP) is 4.61. The van der Waals surface area contributed by atoms with Gasteiger partial charge in [0.25, 0.3) is 5.91 Å². The van der Waals surface area contributed by atoms with Crippen molar-refractivity contribution in [2.24, 2.45) is 0 Å². The van der Waals surface area contributed by atoms with E-state index in [0.29, 0.717) is 23.0 Å². The van der Waals surface area contributed by atoms with Crippen LogP contribution in [0.15, 0.2) is 47.1 Å². The average molecular weight is 451 g/mol. The molecule has 7 nitrogen and oxygen atoms in total. The van der Waals surface area contributed by atoms with Crippen LogP contribution in [0.4, 0.5) is 0 Å². The minimum atomic E-state index is -0.112. The summed E-state index contributed by atoms with van der Waals surface area (Å²) in [4.78, 5) is 25.9. The second-order valence-electron chi connectivity index (χ2n) is 7.81. The first-order valence-corrected chi connectivity index (χ1v) is 11.1. The van der Waals surface area contributed by atoms with Crippen molar-refractivity contribution in [2.45, 2.75) is 19.9 Å². The minimum absolute atomic E-state index is 0.0100. The molecule has 0 saturated carbocycles. The van der Waals surface area contributed by atoms with E-state index in [9.17, 15) is 4.79 Å². The summed E-state index contributed by atoms with van der Waals surface area (Å²) in [5.41, 5.74) is 2.80. The molecule has 0 bridgehead atoms. The second-order valence-corrected chi connectivity index (χ2v) is 8.81. The number of carbonyl (C=O) groups excluding carboxylic acids is 1. The standard InChI is InChI=1S/C24H26N4O3S/c1-14-20-15(2)26-22(19-10-7-11-31-19)27-24(20)32-21(14)23(29)25-13-18(28(3)4)16-8-6-9-17(12-16)30-5/h6-12,18H,13H2,1-5H3,(H,25,29). The molecule has 0 saturated heterocycles. The number of thiophene rings is 1. The van der Waals surface area contributed by atoms with Gasteiger partial charge in [-0.2, -0.15) is 0 Å². The molecule has 0 aliphatic carbocycles. The maximum absolute atomic E-state index is 13.1. The summed E-state index contributed by atoms with van der Waals surface area (Å²) >= 11 is 1.38. The maximum Gasteiger partial charge on any atom is 0.261 e. The molecule has 0 fully saturated rings. The number of nitrogens with zero attached hydrogens (tertiary/aromatic N) is 3. The van der Waals surface area contributed by atoms with Gasteiger partial charge in [0.15, 0.2) is 11.6 Å². The van der Waals surface area contributed by atoms with Gasteiger partial charge in [0, 0.05) is 11.9 Å². The summed E-state index contributed by atoms with van der Waals surface area (Å²) in [6.07, 6.45) is 1.60. The van der Waals surface area contributed by atoms with Crippen LogP contribution in [0.1, 0.15) is 32.5 Å². The number of rotatable bonds is 7. The maximum atomic E-state index is 13.1. The van der Waals surface area contributed by atoms with Crippen LogP contribution >= 0.6 is 11.3 Å². The number of hydrogen-bond donors (Lipinski definition) is 1. The Labute approximate surface area is 191 Å². The summed E-state index contributed by atoms with van der Waals surface area (Å²) in [7, 11) is 5.64. The highest BCUT2D eigenvalue weighted by atomic mass is 32.1. The van der Waals surface area contributed by atoms with Gasteiger partial charge < -0.3 is 19.4 Å². The fourth-order valence-electron chi connectivity index (χ4n) is 3.79. The van der Waals surface area contributed by atoms with E-state index < -0.39 is 0 Å². The van der Waals surface area contributed by atoms with Gasteiger partial charge in [-0.25, -0.2) is 9.97 Å². The van der Waals surface area contributed by atoms with Crippen molar-refractivity contribution in [2.75, 3.05) is 27.7 Å². The molecule has 32 heavy (non-hydrogen) atoms. The van der Waals surface area contributed by atoms with Gasteiger partial charge in [0.1, 0.15) is 10.6 Å². The van der Waals surface area contributed by atoms with Gasteiger partial charge in [-0.1, -0.05) is 12.1 Å². The largest absolute Gasteiger partial charge is 0.497 e. The normalized spacial score (nSPS) is 12.3. The van der Waals surface area contributed by atoms with E-state index in [-0.39, 0.29) is 11.9 Å². The summed E-state index contributed by atoms with van der Waals surface area (Å²) < 4.78 is 10.8.